The lowest BCUT2D eigenvalue weighted by Gasteiger charge is -2.31. The first kappa shape index (κ1) is 23.8. The first-order valence-corrected chi connectivity index (χ1v) is 11.5. The number of likely N-dealkylation sites (tertiary alicyclic amines) is 1. The number of rotatable bonds is 8. The van der Waals surface area contributed by atoms with Gasteiger partial charge in [0.1, 0.15) is 17.3 Å². The van der Waals surface area contributed by atoms with Crippen molar-refractivity contribution in [3.8, 4) is 11.5 Å². The third-order valence-electron chi connectivity index (χ3n) is 6.17. The Morgan fingerprint density at radius 2 is 1.65 bits per heavy atom. The SMILES string of the molecule is CCOc1ccc([C@H]2C(=C(O)c3ccc(OC)cc3)C(=O)C(=O)N2CCN2CCOCC2)cc1. The Hall–Kier alpha value is -3.36. The molecule has 0 unspecified atom stereocenters. The molecule has 0 bridgehead atoms. The molecule has 180 valence electrons. The van der Waals surface area contributed by atoms with E-state index in [0.29, 0.717) is 50.0 Å². The van der Waals surface area contributed by atoms with Crippen LogP contribution in [0.2, 0.25) is 0 Å². The summed E-state index contributed by atoms with van der Waals surface area (Å²) in [5, 5.41) is 11.2. The van der Waals surface area contributed by atoms with Crippen molar-refractivity contribution < 1.29 is 28.9 Å². The summed E-state index contributed by atoms with van der Waals surface area (Å²) in [6, 6.07) is 13.4. The highest BCUT2D eigenvalue weighted by Crippen LogP contribution is 2.39. The second-order valence-corrected chi connectivity index (χ2v) is 8.18. The van der Waals surface area contributed by atoms with Crippen LogP contribution in [0, 0.1) is 0 Å². The van der Waals surface area contributed by atoms with E-state index in [-0.39, 0.29) is 11.3 Å². The van der Waals surface area contributed by atoms with Gasteiger partial charge in [0.2, 0.25) is 0 Å². The fourth-order valence-electron chi connectivity index (χ4n) is 4.35. The summed E-state index contributed by atoms with van der Waals surface area (Å²) in [7, 11) is 1.56. The van der Waals surface area contributed by atoms with Crippen LogP contribution in [0.3, 0.4) is 0 Å². The van der Waals surface area contributed by atoms with Crippen molar-refractivity contribution in [2.24, 2.45) is 0 Å². The number of hydrogen-bond donors (Lipinski definition) is 1. The van der Waals surface area contributed by atoms with Gasteiger partial charge in [-0.1, -0.05) is 12.1 Å². The number of hydrogen-bond acceptors (Lipinski definition) is 7. The number of methoxy groups -OCH3 is 1. The Morgan fingerprint density at radius 1 is 1.00 bits per heavy atom. The number of aliphatic hydroxyl groups is 1. The van der Waals surface area contributed by atoms with Crippen LogP contribution in [0.25, 0.3) is 5.76 Å². The van der Waals surface area contributed by atoms with Gasteiger partial charge in [0.05, 0.1) is 38.5 Å². The van der Waals surface area contributed by atoms with Crippen molar-refractivity contribution in [1.82, 2.24) is 9.80 Å². The molecule has 2 fully saturated rings. The molecule has 8 heteroatoms. The van der Waals surface area contributed by atoms with Crippen LogP contribution >= 0.6 is 0 Å². The van der Waals surface area contributed by atoms with Crippen LogP contribution in [-0.4, -0.2) is 79.7 Å². The van der Waals surface area contributed by atoms with E-state index in [0.717, 1.165) is 18.7 Å². The maximum Gasteiger partial charge on any atom is 0.295 e. The van der Waals surface area contributed by atoms with E-state index in [4.69, 9.17) is 14.2 Å². The highest BCUT2D eigenvalue weighted by atomic mass is 16.5. The average molecular weight is 467 g/mol. The van der Waals surface area contributed by atoms with Gasteiger partial charge < -0.3 is 24.2 Å². The third-order valence-corrected chi connectivity index (χ3v) is 6.17. The molecule has 8 nitrogen and oxygen atoms in total. The first-order chi connectivity index (χ1) is 16.5. The number of ketones is 1. The molecule has 2 aromatic rings. The van der Waals surface area contributed by atoms with E-state index in [2.05, 4.69) is 4.90 Å². The number of carbonyl (C=O) groups is 2. The number of benzene rings is 2. The minimum absolute atomic E-state index is 0.0845. The van der Waals surface area contributed by atoms with Crippen LogP contribution in [0.1, 0.15) is 24.1 Å². The zero-order valence-corrected chi connectivity index (χ0v) is 19.5. The number of carbonyl (C=O) groups excluding carboxylic acids is 2. The average Bonchev–Trinajstić information content (AvgIpc) is 3.13. The van der Waals surface area contributed by atoms with Gasteiger partial charge >= 0.3 is 0 Å². The van der Waals surface area contributed by atoms with Gasteiger partial charge in [-0.25, -0.2) is 0 Å². The van der Waals surface area contributed by atoms with Crippen LogP contribution < -0.4 is 9.47 Å². The van der Waals surface area contributed by atoms with Crippen molar-refractivity contribution in [1.29, 1.82) is 0 Å². The lowest BCUT2D eigenvalue weighted by Crippen LogP contribution is -2.42. The predicted molar refractivity (Wildman–Crippen MR) is 127 cm³/mol. The van der Waals surface area contributed by atoms with E-state index in [1.807, 2.05) is 31.2 Å². The molecule has 1 atom stereocenters. The molecule has 0 aliphatic carbocycles. The van der Waals surface area contributed by atoms with Gasteiger partial charge in [-0.2, -0.15) is 0 Å². The summed E-state index contributed by atoms with van der Waals surface area (Å²) >= 11 is 0. The van der Waals surface area contributed by atoms with Crippen molar-refractivity contribution in [2.75, 3.05) is 53.1 Å². The summed E-state index contributed by atoms with van der Waals surface area (Å²) in [6.45, 7) is 6.29. The van der Waals surface area contributed by atoms with E-state index in [9.17, 15) is 14.7 Å². The highest BCUT2D eigenvalue weighted by Gasteiger charge is 2.46. The van der Waals surface area contributed by atoms with Crippen molar-refractivity contribution in [2.45, 2.75) is 13.0 Å². The third kappa shape index (κ3) is 4.93. The fraction of sp³-hybridized carbons (Fsp3) is 0.385. The van der Waals surface area contributed by atoms with E-state index >= 15 is 0 Å². The summed E-state index contributed by atoms with van der Waals surface area (Å²) in [5.41, 5.74) is 1.27. The normalized spacial score (nSPS) is 20.5. The van der Waals surface area contributed by atoms with Gasteiger partial charge in [-0.3, -0.25) is 14.5 Å². The van der Waals surface area contributed by atoms with Gasteiger partial charge in [0, 0.05) is 31.7 Å². The number of ether oxygens (including phenoxy) is 3. The molecule has 1 amide bonds. The Labute approximate surface area is 199 Å². The number of Topliss-reactive ketones (excluding diaryl/α,β-unsaturated/α-hetero) is 1. The van der Waals surface area contributed by atoms with Gasteiger partial charge in [-0.15, -0.1) is 0 Å². The number of amides is 1. The highest BCUT2D eigenvalue weighted by molar-refractivity contribution is 6.46. The molecule has 0 saturated carbocycles. The fourth-order valence-corrected chi connectivity index (χ4v) is 4.35. The van der Waals surface area contributed by atoms with Crippen LogP contribution in [0.15, 0.2) is 54.1 Å². The molecule has 4 rings (SSSR count). The second-order valence-electron chi connectivity index (χ2n) is 8.18. The summed E-state index contributed by atoms with van der Waals surface area (Å²) < 4.78 is 16.1. The molecule has 2 heterocycles. The smallest absolute Gasteiger partial charge is 0.295 e. The van der Waals surface area contributed by atoms with Crippen molar-refractivity contribution >= 4 is 17.4 Å². The maximum atomic E-state index is 13.2. The molecule has 2 aromatic carbocycles. The molecule has 2 aliphatic heterocycles. The largest absolute Gasteiger partial charge is 0.507 e. The molecule has 2 aliphatic rings. The summed E-state index contributed by atoms with van der Waals surface area (Å²) in [4.78, 5) is 30.1. The van der Waals surface area contributed by atoms with Crippen molar-refractivity contribution in [3.63, 3.8) is 0 Å². The lowest BCUT2D eigenvalue weighted by atomic mass is 9.95. The Balaban J connectivity index is 1.71. The Morgan fingerprint density at radius 3 is 2.26 bits per heavy atom. The molecule has 0 radical (unpaired) electrons. The van der Waals surface area contributed by atoms with Crippen LogP contribution in [0.4, 0.5) is 0 Å². The van der Waals surface area contributed by atoms with E-state index in [1.54, 1.807) is 36.3 Å². The number of morpholine rings is 1. The minimum Gasteiger partial charge on any atom is -0.507 e. The molecule has 2 saturated heterocycles. The molecule has 34 heavy (non-hydrogen) atoms. The monoisotopic (exact) mass is 466 g/mol. The first-order valence-electron chi connectivity index (χ1n) is 11.5. The summed E-state index contributed by atoms with van der Waals surface area (Å²) in [5.74, 6) is -0.164. The van der Waals surface area contributed by atoms with Crippen LogP contribution in [-0.2, 0) is 14.3 Å². The topological polar surface area (TPSA) is 88.5 Å². The maximum absolute atomic E-state index is 13.2. The molecule has 1 N–H and O–H groups in total. The van der Waals surface area contributed by atoms with Gasteiger partial charge in [0.15, 0.2) is 0 Å². The predicted octanol–water partition coefficient (Wildman–Crippen LogP) is 2.85. The molecule has 0 aromatic heterocycles. The zero-order valence-electron chi connectivity index (χ0n) is 19.5. The molecular weight excluding hydrogens is 436 g/mol. The molecular formula is C26H30N2O6. The molecule has 0 spiro atoms. The number of aliphatic hydroxyl groups excluding tert-OH is 1. The van der Waals surface area contributed by atoms with Crippen LogP contribution in [0.5, 0.6) is 11.5 Å². The Bertz CT molecular complexity index is 1040. The van der Waals surface area contributed by atoms with E-state index < -0.39 is 17.7 Å². The van der Waals surface area contributed by atoms with Crippen molar-refractivity contribution in [3.05, 3.63) is 65.2 Å². The number of nitrogens with zero attached hydrogens (tertiary/aromatic N) is 2. The quantitative estimate of drug-likeness (QED) is 0.364. The second kappa shape index (κ2) is 10.7. The minimum atomic E-state index is -0.696. The standard InChI is InChI=1S/C26H30N2O6/c1-3-34-21-10-4-18(5-11-21)23-22(24(29)19-6-8-20(32-2)9-7-19)25(30)26(31)28(23)13-12-27-14-16-33-17-15-27/h4-11,23,29H,3,12-17H2,1-2H3/t23-/m0/s1. The van der Waals surface area contributed by atoms with Gasteiger partial charge in [0.25, 0.3) is 11.7 Å². The zero-order chi connectivity index (χ0) is 24.1. The lowest BCUT2D eigenvalue weighted by molar-refractivity contribution is -0.140. The Kier molecular flexibility index (Phi) is 7.49. The summed E-state index contributed by atoms with van der Waals surface area (Å²) in [6.07, 6.45) is 0. The van der Waals surface area contributed by atoms with E-state index in [1.165, 1.54) is 0 Å². The van der Waals surface area contributed by atoms with Gasteiger partial charge in [-0.05, 0) is 48.9 Å².